The Hall–Kier alpha value is -2.37. The van der Waals surface area contributed by atoms with E-state index in [1.807, 2.05) is 36.4 Å². The van der Waals surface area contributed by atoms with E-state index < -0.39 is 0 Å². The van der Waals surface area contributed by atoms with Crippen molar-refractivity contribution in [3.63, 3.8) is 0 Å². The molecule has 0 unspecified atom stereocenters. The molecule has 1 N–H and O–H groups in total. The molecule has 2 heteroatoms. The average Bonchev–Trinajstić information content (AvgIpc) is 2.96. The maximum atomic E-state index is 9.21. The molecule has 0 radical (unpaired) electrons. The summed E-state index contributed by atoms with van der Waals surface area (Å²) in [7, 11) is 0. The van der Waals surface area contributed by atoms with Crippen LogP contribution in [0.1, 0.15) is 40.8 Å². The van der Waals surface area contributed by atoms with E-state index in [2.05, 4.69) is 36.2 Å². The van der Waals surface area contributed by atoms with E-state index in [0.29, 0.717) is 0 Å². The Kier molecular flexibility index (Phi) is 3.85. The highest BCUT2D eigenvalue weighted by Gasteiger charge is 2.26. The quantitative estimate of drug-likeness (QED) is 0.853. The van der Waals surface area contributed by atoms with Crippen LogP contribution < -0.4 is 5.32 Å². The molecule has 0 amide bonds. The minimum atomic E-state index is 0.132. The molecule has 0 saturated heterocycles. The van der Waals surface area contributed by atoms with E-state index in [-0.39, 0.29) is 12.1 Å². The van der Waals surface area contributed by atoms with Crippen molar-refractivity contribution >= 4 is 0 Å². The third kappa shape index (κ3) is 2.61. The summed E-state index contributed by atoms with van der Waals surface area (Å²) in [6.45, 7) is 3.95. The smallest absolute Gasteiger partial charge is 0.0994 e. The summed E-state index contributed by atoms with van der Waals surface area (Å²) in [5.74, 6) is 0. The van der Waals surface area contributed by atoms with Gasteiger partial charge < -0.3 is 0 Å². The van der Waals surface area contributed by atoms with E-state index in [9.17, 15) is 5.26 Å². The first-order valence-electron chi connectivity index (χ1n) is 7.29. The minimum absolute atomic E-state index is 0.132. The third-order valence-corrected chi connectivity index (χ3v) is 4.17. The molecule has 104 valence electrons. The number of nitrogens with one attached hydrogen (secondary N) is 1. The standard InChI is InChI=1S/C19H18N2/c1-2-18(14-7-4-3-5-8-14)21-19-12-11-16-15(13-20)9-6-10-17(16)19/h2-10,18-19,21H,1,11-12H2/t18-,19-/m0/s1. The fraction of sp³-hybridized carbons (Fsp3) is 0.211. The summed E-state index contributed by atoms with van der Waals surface area (Å²) in [6, 6.07) is 19.1. The number of fused-ring (bicyclic) bond motifs is 1. The second-order valence-corrected chi connectivity index (χ2v) is 5.37. The lowest BCUT2D eigenvalue weighted by Gasteiger charge is -2.21. The van der Waals surface area contributed by atoms with Crippen LogP contribution in [0.5, 0.6) is 0 Å². The van der Waals surface area contributed by atoms with Crippen molar-refractivity contribution in [1.82, 2.24) is 5.32 Å². The molecule has 1 aliphatic carbocycles. The minimum Gasteiger partial charge on any atom is -0.300 e. The van der Waals surface area contributed by atoms with Gasteiger partial charge in [-0.3, -0.25) is 5.32 Å². The molecule has 0 aliphatic heterocycles. The molecule has 0 saturated carbocycles. The van der Waals surface area contributed by atoms with Gasteiger partial charge in [0.25, 0.3) is 0 Å². The number of nitrogens with zero attached hydrogens (tertiary/aromatic N) is 1. The van der Waals surface area contributed by atoms with Crippen molar-refractivity contribution in [3.8, 4) is 6.07 Å². The van der Waals surface area contributed by atoms with Crippen molar-refractivity contribution in [2.45, 2.75) is 24.9 Å². The van der Waals surface area contributed by atoms with Crippen molar-refractivity contribution in [2.75, 3.05) is 0 Å². The Morgan fingerprint density at radius 3 is 2.71 bits per heavy atom. The molecular weight excluding hydrogens is 256 g/mol. The zero-order valence-corrected chi connectivity index (χ0v) is 11.9. The highest BCUT2D eigenvalue weighted by atomic mass is 15.0. The lowest BCUT2D eigenvalue weighted by molar-refractivity contribution is 0.492. The van der Waals surface area contributed by atoms with Crippen LogP contribution in [0.4, 0.5) is 0 Å². The fourth-order valence-electron chi connectivity index (χ4n) is 3.11. The zero-order valence-electron chi connectivity index (χ0n) is 11.9. The third-order valence-electron chi connectivity index (χ3n) is 4.17. The molecule has 2 atom stereocenters. The van der Waals surface area contributed by atoms with Gasteiger partial charge in [-0.1, -0.05) is 48.5 Å². The maximum Gasteiger partial charge on any atom is 0.0994 e. The summed E-state index contributed by atoms with van der Waals surface area (Å²) in [6.07, 6.45) is 3.95. The lowest BCUT2D eigenvalue weighted by atomic mass is 10.0. The van der Waals surface area contributed by atoms with Gasteiger partial charge in [-0.2, -0.15) is 5.26 Å². The van der Waals surface area contributed by atoms with Crippen LogP contribution in [-0.2, 0) is 6.42 Å². The Morgan fingerprint density at radius 1 is 1.19 bits per heavy atom. The molecule has 0 bridgehead atoms. The summed E-state index contributed by atoms with van der Waals surface area (Å²) in [4.78, 5) is 0. The van der Waals surface area contributed by atoms with Gasteiger partial charge in [0.05, 0.1) is 17.7 Å². The van der Waals surface area contributed by atoms with E-state index >= 15 is 0 Å². The Balaban J connectivity index is 1.85. The molecule has 2 aromatic carbocycles. The van der Waals surface area contributed by atoms with Gasteiger partial charge in [0, 0.05) is 6.04 Å². The number of nitriles is 1. The van der Waals surface area contributed by atoms with Gasteiger partial charge in [0.1, 0.15) is 0 Å². The predicted molar refractivity (Wildman–Crippen MR) is 84.7 cm³/mol. The Bertz CT molecular complexity index is 682. The summed E-state index contributed by atoms with van der Waals surface area (Å²) < 4.78 is 0. The second kappa shape index (κ2) is 5.95. The van der Waals surface area contributed by atoms with Crippen LogP contribution in [0.25, 0.3) is 0 Å². The second-order valence-electron chi connectivity index (χ2n) is 5.37. The maximum absolute atomic E-state index is 9.21. The van der Waals surface area contributed by atoms with E-state index in [0.717, 1.165) is 18.4 Å². The van der Waals surface area contributed by atoms with Crippen LogP contribution in [0.15, 0.2) is 61.2 Å². The Labute approximate surface area is 125 Å². The summed E-state index contributed by atoms with van der Waals surface area (Å²) >= 11 is 0. The van der Waals surface area contributed by atoms with Gasteiger partial charge in [-0.05, 0) is 35.6 Å². The zero-order chi connectivity index (χ0) is 14.7. The fourth-order valence-corrected chi connectivity index (χ4v) is 3.11. The highest BCUT2D eigenvalue weighted by molar-refractivity contribution is 5.47. The van der Waals surface area contributed by atoms with E-state index in [1.54, 1.807) is 0 Å². The molecule has 0 heterocycles. The van der Waals surface area contributed by atoms with Crippen molar-refractivity contribution in [2.24, 2.45) is 0 Å². The largest absolute Gasteiger partial charge is 0.300 e. The number of hydrogen-bond acceptors (Lipinski definition) is 2. The van der Waals surface area contributed by atoms with Crippen molar-refractivity contribution < 1.29 is 0 Å². The SMILES string of the molecule is C=C[C@H](N[C@H]1CCc2c(C#N)cccc21)c1ccccc1. The average molecular weight is 274 g/mol. The first-order chi connectivity index (χ1) is 10.3. The molecule has 0 fully saturated rings. The van der Waals surface area contributed by atoms with Gasteiger partial charge >= 0.3 is 0 Å². The molecular formula is C19H18N2. The molecule has 0 spiro atoms. The van der Waals surface area contributed by atoms with Gasteiger partial charge in [-0.25, -0.2) is 0 Å². The summed E-state index contributed by atoms with van der Waals surface area (Å²) in [5, 5.41) is 12.9. The first kappa shape index (κ1) is 13.6. The molecule has 21 heavy (non-hydrogen) atoms. The van der Waals surface area contributed by atoms with Gasteiger partial charge in [0.15, 0.2) is 0 Å². The van der Waals surface area contributed by atoms with Crippen LogP contribution in [0.3, 0.4) is 0 Å². The van der Waals surface area contributed by atoms with E-state index in [1.165, 1.54) is 16.7 Å². The highest BCUT2D eigenvalue weighted by Crippen LogP contribution is 2.35. The lowest BCUT2D eigenvalue weighted by Crippen LogP contribution is -2.23. The molecule has 3 rings (SSSR count). The molecule has 2 nitrogen and oxygen atoms in total. The first-order valence-corrected chi connectivity index (χ1v) is 7.29. The Morgan fingerprint density at radius 2 is 2.00 bits per heavy atom. The topological polar surface area (TPSA) is 35.8 Å². The van der Waals surface area contributed by atoms with Crippen molar-refractivity contribution in [1.29, 1.82) is 5.26 Å². The van der Waals surface area contributed by atoms with Crippen LogP contribution in [0.2, 0.25) is 0 Å². The summed E-state index contributed by atoms with van der Waals surface area (Å²) in [5.41, 5.74) is 4.49. The monoisotopic (exact) mass is 274 g/mol. The molecule has 0 aromatic heterocycles. The van der Waals surface area contributed by atoms with Crippen molar-refractivity contribution in [3.05, 3.63) is 83.4 Å². The predicted octanol–water partition coefficient (Wildman–Crippen LogP) is 4.06. The van der Waals surface area contributed by atoms with E-state index in [4.69, 9.17) is 0 Å². The number of rotatable bonds is 4. The molecule has 2 aromatic rings. The number of benzene rings is 2. The van der Waals surface area contributed by atoms with Gasteiger partial charge in [0.2, 0.25) is 0 Å². The normalized spacial score (nSPS) is 17.8. The molecule has 1 aliphatic rings. The van der Waals surface area contributed by atoms with Crippen LogP contribution in [-0.4, -0.2) is 0 Å². The van der Waals surface area contributed by atoms with Gasteiger partial charge in [-0.15, -0.1) is 6.58 Å². The van der Waals surface area contributed by atoms with Crippen LogP contribution >= 0.6 is 0 Å². The number of hydrogen-bond donors (Lipinski definition) is 1. The van der Waals surface area contributed by atoms with Crippen LogP contribution in [0, 0.1) is 11.3 Å².